The summed E-state index contributed by atoms with van der Waals surface area (Å²) in [7, 11) is 0. The third kappa shape index (κ3) is 3.66. The van der Waals surface area contributed by atoms with Crippen molar-refractivity contribution >= 4 is 5.97 Å². The molecule has 4 heteroatoms. The van der Waals surface area contributed by atoms with Gasteiger partial charge in [-0.05, 0) is 37.3 Å². The number of hydrogen-bond acceptors (Lipinski definition) is 4. The summed E-state index contributed by atoms with van der Waals surface area (Å²) in [6.45, 7) is 3.47. The summed E-state index contributed by atoms with van der Waals surface area (Å²) in [5.41, 5.74) is 0. The molecule has 0 aliphatic carbocycles. The van der Waals surface area contributed by atoms with Crippen molar-refractivity contribution in [1.82, 2.24) is 0 Å². The summed E-state index contributed by atoms with van der Waals surface area (Å²) in [6.07, 6.45) is 6.53. The molecule has 2 atom stereocenters. The van der Waals surface area contributed by atoms with E-state index in [4.69, 9.17) is 14.2 Å². The highest BCUT2D eigenvalue weighted by Gasteiger charge is 2.40. The highest BCUT2D eigenvalue weighted by Crippen LogP contribution is 2.35. The summed E-state index contributed by atoms with van der Waals surface area (Å²) < 4.78 is 16.6. The van der Waals surface area contributed by atoms with Crippen LogP contribution in [-0.4, -0.2) is 24.5 Å². The molecule has 0 aromatic heterocycles. The SMILES string of the molecule is CC#CC#CC=C1C=CC2(CCC(OC(C)=O)CO2)O1. The van der Waals surface area contributed by atoms with E-state index < -0.39 is 5.79 Å². The predicted octanol–water partition coefficient (Wildman–Crippen LogP) is 1.92. The lowest BCUT2D eigenvalue weighted by Gasteiger charge is -2.35. The molecule has 1 fully saturated rings. The summed E-state index contributed by atoms with van der Waals surface area (Å²) >= 11 is 0. The Kier molecular flexibility index (Phi) is 4.50. The normalized spacial score (nSPS) is 29.1. The van der Waals surface area contributed by atoms with Crippen LogP contribution in [0.3, 0.4) is 0 Å². The molecule has 2 rings (SSSR count). The van der Waals surface area contributed by atoms with Crippen LogP contribution in [0.5, 0.6) is 0 Å². The molecule has 0 N–H and O–H groups in total. The summed E-state index contributed by atoms with van der Waals surface area (Å²) in [5.74, 6) is 10.5. The lowest BCUT2D eigenvalue weighted by molar-refractivity contribution is -0.220. The third-order valence-corrected chi connectivity index (χ3v) is 2.93. The smallest absolute Gasteiger partial charge is 0.302 e. The monoisotopic (exact) mass is 272 g/mol. The molecule has 0 aromatic rings. The van der Waals surface area contributed by atoms with Gasteiger partial charge in [0.05, 0.1) is 6.61 Å². The number of esters is 1. The van der Waals surface area contributed by atoms with Gasteiger partial charge in [0.2, 0.25) is 5.79 Å². The maximum absolute atomic E-state index is 10.9. The molecule has 4 nitrogen and oxygen atoms in total. The van der Waals surface area contributed by atoms with Gasteiger partial charge in [0, 0.05) is 19.4 Å². The molecule has 0 radical (unpaired) electrons. The second-order valence-corrected chi connectivity index (χ2v) is 4.52. The van der Waals surface area contributed by atoms with Crippen LogP contribution < -0.4 is 0 Å². The lowest BCUT2D eigenvalue weighted by atomic mass is 10.0. The van der Waals surface area contributed by atoms with Gasteiger partial charge < -0.3 is 14.2 Å². The van der Waals surface area contributed by atoms with E-state index in [1.165, 1.54) is 6.92 Å². The minimum atomic E-state index is -0.736. The van der Waals surface area contributed by atoms with Gasteiger partial charge >= 0.3 is 5.97 Å². The zero-order valence-corrected chi connectivity index (χ0v) is 11.6. The van der Waals surface area contributed by atoms with Crippen LogP contribution in [0.25, 0.3) is 0 Å². The first kappa shape index (κ1) is 14.2. The minimum Gasteiger partial charge on any atom is -0.460 e. The molecule has 2 unspecified atom stereocenters. The Balaban J connectivity index is 1.90. The molecule has 2 aliphatic heterocycles. The van der Waals surface area contributed by atoms with Crippen LogP contribution in [0, 0.1) is 23.7 Å². The fourth-order valence-electron chi connectivity index (χ4n) is 2.05. The van der Waals surface area contributed by atoms with E-state index in [-0.39, 0.29) is 12.1 Å². The van der Waals surface area contributed by atoms with E-state index in [9.17, 15) is 4.79 Å². The van der Waals surface area contributed by atoms with Crippen molar-refractivity contribution in [2.75, 3.05) is 6.61 Å². The highest BCUT2D eigenvalue weighted by atomic mass is 16.7. The number of allylic oxidation sites excluding steroid dienone is 2. The van der Waals surface area contributed by atoms with E-state index >= 15 is 0 Å². The first-order chi connectivity index (χ1) is 9.63. The first-order valence-corrected chi connectivity index (χ1v) is 6.45. The Morgan fingerprint density at radius 1 is 1.55 bits per heavy atom. The van der Waals surface area contributed by atoms with Crippen molar-refractivity contribution in [3.05, 3.63) is 24.0 Å². The van der Waals surface area contributed by atoms with Crippen molar-refractivity contribution in [2.45, 2.75) is 38.6 Å². The molecule has 2 aliphatic rings. The van der Waals surface area contributed by atoms with Crippen LogP contribution in [0.4, 0.5) is 0 Å². The summed E-state index contributed by atoms with van der Waals surface area (Å²) in [4.78, 5) is 10.9. The standard InChI is InChI=1S/C16H16O4/c1-3-4-5-6-7-14-8-10-16(20-14)11-9-15(12-18-16)19-13(2)17/h7-8,10,15H,9,11-12H2,1-2H3. The Morgan fingerprint density at radius 2 is 2.40 bits per heavy atom. The predicted molar refractivity (Wildman–Crippen MR) is 73.0 cm³/mol. The maximum Gasteiger partial charge on any atom is 0.302 e. The van der Waals surface area contributed by atoms with Gasteiger partial charge in [-0.2, -0.15) is 0 Å². The number of ether oxygens (including phenoxy) is 3. The number of carbonyl (C=O) groups is 1. The minimum absolute atomic E-state index is 0.192. The molecular weight excluding hydrogens is 256 g/mol. The van der Waals surface area contributed by atoms with Gasteiger partial charge in [-0.25, -0.2) is 0 Å². The molecule has 0 aromatic carbocycles. The second-order valence-electron chi connectivity index (χ2n) is 4.52. The molecule has 2 heterocycles. The van der Waals surface area contributed by atoms with E-state index in [2.05, 4.69) is 23.7 Å². The van der Waals surface area contributed by atoms with E-state index in [0.29, 0.717) is 25.2 Å². The second kappa shape index (κ2) is 6.32. The first-order valence-electron chi connectivity index (χ1n) is 6.45. The van der Waals surface area contributed by atoms with Gasteiger partial charge in [-0.15, -0.1) is 0 Å². The van der Waals surface area contributed by atoms with E-state index in [1.807, 2.05) is 12.2 Å². The molecule has 1 saturated heterocycles. The van der Waals surface area contributed by atoms with E-state index in [1.54, 1.807) is 13.0 Å². The largest absolute Gasteiger partial charge is 0.460 e. The number of hydrogen-bond donors (Lipinski definition) is 0. The molecule has 0 amide bonds. The zero-order chi connectivity index (χ0) is 14.4. The average Bonchev–Trinajstić information content (AvgIpc) is 2.81. The molecule has 0 saturated carbocycles. The van der Waals surface area contributed by atoms with Crippen molar-refractivity contribution in [2.24, 2.45) is 0 Å². The zero-order valence-electron chi connectivity index (χ0n) is 11.6. The third-order valence-electron chi connectivity index (χ3n) is 2.93. The molecule has 104 valence electrons. The highest BCUT2D eigenvalue weighted by molar-refractivity contribution is 5.66. The van der Waals surface area contributed by atoms with E-state index in [0.717, 1.165) is 0 Å². The van der Waals surface area contributed by atoms with Crippen molar-refractivity contribution in [3.63, 3.8) is 0 Å². The van der Waals surface area contributed by atoms with Gasteiger partial charge in [-0.3, -0.25) is 4.79 Å². The van der Waals surface area contributed by atoms with Crippen LogP contribution in [0.15, 0.2) is 24.0 Å². The van der Waals surface area contributed by atoms with Crippen LogP contribution in [0.2, 0.25) is 0 Å². The molecule has 0 bridgehead atoms. The Labute approximate surface area is 118 Å². The number of rotatable bonds is 1. The Morgan fingerprint density at radius 3 is 3.05 bits per heavy atom. The molecule has 1 spiro atoms. The molecule has 20 heavy (non-hydrogen) atoms. The summed E-state index contributed by atoms with van der Waals surface area (Å²) in [5, 5.41) is 0. The number of carbonyl (C=O) groups excluding carboxylic acids is 1. The Hall–Kier alpha value is -2.17. The average molecular weight is 272 g/mol. The summed E-state index contributed by atoms with van der Waals surface area (Å²) in [6, 6.07) is 0. The van der Waals surface area contributed by atoms with Crippen LogP contribution in [-0.2, 0) is 19.0 Å². The fourth-order valence-corrected chi connectivity index (χ4v) is 2.05. The fraction of sp³-hybridized carbons (Fsp3) is 0.438. The van der Waals surface area contributed by atoms with Gasteiger partial charge in [0.25, 0.3) is 0 Å². The van der Waals surface area contributed by atoms with Crippen molar-refractivity contribution in [1.29, 1.82) is 0 Å². The Bertz CT molecular complexity index is 555. The van der Waals surface area contributed by atoms with Crippen molar-refractivity contribution < 1.29 is 19.0 Å². The van der Waals surface area contributed by atoms with Crippen LogP contribution in [0.1, 0.15) is 26.7 Å². The van der Waals surface area contributed by atoms with Crippen molar-refractivity contribution in [3.8, 4) is 23.7 Å². The topological polar surface area (TPSA) is 44.8 Å². The van der Waals surface area contributed by atoms with Crippen LogP contribution >= 0.6 is 0 Å². The molecular formula is C16H16O4. The maximum atomic E-state index is 10.9. The van der Waals surface area contributed by atoms with Gasteiger partial charge in [-0.1, -0.05) is 11.8 Å². The quantitative estimate of drug-likeness (QED) is 0.540. The van der Waals surface area contributed by atoms with Gasteiger partial charge in [0.15, 0.2) is 0 Å². The lowest BCUT2D eigenvalue weighted by Crippen LogP contribution is -2.41. The van der Waals surface area contributed by atoms with Gasteiger partial charge in [0.1, 0.15) is 11.9 Å².